The number of nitrogens with zero attached hydrogens (tertiary/aromatic N) is 2. The molecule has 0 bridgehead atoms. The van der Waals surface area contributed by atoms with Gasteiger partial charge in [-0.1, -0.05) is 60.7 Å². The number of imide groups is 1. The van der Waals surface area contributed by atoms with Crippen molar-refractivity contribution in [3.63, 3.8) is 0 Å². The fourth-order valence-corrected chi connectivity index (χ4v) is 3.58. The largest absolute Gasteiger partial charge is 0.379 e. The molecule has 0 atom stereocenters. The first-order chi connectivity index (χ1) is 12.7. The molecule has 0 unspecified atom stereocenters. The lowest BCUT2D eigenvalue weighted by molar-refractivity contribution is -0.132. The average Bonchev–Trinajstić information content (AvgIpc) is 2.96. The lowest BCUT2D eigenvalue weighted by Crippen LogP contribution is -2.48. The molecule has 2 aromatic carbocycles. The molecule has 134 valence electrons. The van der Waals surface area contributed by atoms with Crippen LogP contribution in [0.25, 0.3) is 0 Å². The minimum atomic E-state index is -1.19. The molecule has 4 rings (SSSR count). The SMILES string of the molecule is O=C1NC(c2ccccc2)(c2ccccc2)C(=O)N1CN1CCOCC1. The summed E-state index contributed by atoms with van der Waals surface area (Å²) in [7, 11) is 0. The molecule has 2 aliphatic heterocycles. The minimum absolute atomic E-state index is 0.244. The van der Waals surface area contributed by atoms with Crippen LogP contribution in [0.2, 0.25) is 0 Å². The number of amides is 3. The van der Waals surface area contributed by atoms with E-state index < -0.39 is 5.54 Å². The monoisotopic (exact) mass is 351 g/mol. The molecule has 6 heteroatoms. The summed E-state index contributed by atoms with van der Waals surface area (Å²) in [4.78, 5) is 29.6. The van der Waals surface area contributed by atoms with E-state index in [0.717, 1.165) is 11.1 Å². The van der Waals surface area contributed by atoms with Crippen LogP contribution < -0.4 is 5.32 Å². The van der Waals surface area contributed by atoms with Crippen LogP contribution in [0, 0.1) is 0 Å². The average molecular weight is 351 g/mol. The van der Waals surface area contributed by atoms with E-state index in [1.54, 1.807) is 0 Å². The number of ether oxygens (including phenoxy) is 1. The Morgan fingerprint density at radius 2 is 1.42 bits per heavy atom. The number of nitrogens with one attached hydrogen (secondary N) is 1. The van der Waals surface area contributed by atoms with Crippen molar-refractivity contribution in [2.24, 2.45) is 0 Å². The third-order valence-electron chi connectivity index (χ3n) is 4.96. The standard InChI is InChI=1S/C20H21N3O3/c24-18-20(16-7-3-1-4-8-16,17-9-5-2-6-10-17)21-19(25)23(18)15-22-11-13-26-14-12-22/h1-10H,11-15H2,(H,21,25). The van der Waals surface area contributed by atoms with Gasteiger partial charge in [0.25, 0.3) is 5.91 Å². The topological polar surface area (TPSA) is 61.9 Å². The fraction of sp³-hybridized carbons (Fsp3) is 0.300. The third kappa shape index (κ3) is 2.77. The Labute approximate surface area is 152 Å². The second-order valence-electron chi connectivity index (χ2n) is 6.52. The van der Waals surface area contributed by atoms with Gasteiger partial charge in [0.1, 0.15) is 0 Å². The lowest BCUT2D eigenvalue weighted by Gasteiger charge is -2.31. The molecule has 2 heterocycles. The molecule has 2 fully saturated rings. The van der Waals surface area contributed by atoms with Gasteiger partial charge in [-0.25, -0.2) is 9.69 Å². The Kier molecular flexibility index (Phi) is 4.44. The van der Waals surface area contributed by atoms with Crippen molar-refractivity contribution in [1.82, 2.24) is 15.1 Å². The highest BCUT2D eigenvalue weighted by Crippen LogP contribution is 2.36. The summed E-state index contributed by atoms with van der Waals surface area (Å²) in [5, 5.41) is 2.97. The zero-order valence-electron chi connectivity index (χ0n) is 14.4. The summed E-state index contributed by atoms with van der Waals surface area (Å²) in [6, 6.07) is 18.5. The fourth-order valence-electron chi connectivity index (χ4n) is 3.58. The van der Waals surface area contributed by atoms with Crippen LogP contribution in [0.1, 0.15) is 11.1 Å². The number of hydrogen-bond acceptors (Lipinski definition) is 4. The number of morpholine rings is 1. The van der Waals surface area contributed by atoms with E-state index in [1.165, 1.54) is 4.90 Å². The second kappa shape index (κ2) is 6.90. The maximum atomic E-state index is 13.5. The number of rotatable bonds is 4. The van der Waals surface area contributed by atoms with Crippen molar-refractivity contribution in [2.75, 3.05) is 33.0 Å². The summed E-state index contributed by atoms with van der Waals surface area (Å²) in [5.41, 5.74) is 0.328. The van der Waals surface area contributed by atoms with Crippen molar-refractivity contribution in [3.8, 4) is 0 Å². The van der Waals surface area contributed by atoms with Gasteiger partial charge >= 0.3 is 6.03 Å². The van der Waals surface area contributed by atoms with E-state index in [9.17, 15) is 9.59 Å². The van der Waals surface area contributed by atoms with Gasteiger partial charge in [0.2, 0.25) is 0 Å². The van der Waals surface area contributed by atoms with Gasteiger partial charge in [-0.2, -0.15) is 0 Å². The van der Waals surface area contributed by atoms with E-state index in [-0.39, 0.29) is 18.6 Å². The van der Waals surface area contributed by atoms with Crippen molar-refractivity contribution in [3.05, 3.63) is 71.8 Å². The van der Waals surface area contributed by atoms with Crippen molar-refractivity contribution >= 4 is 11.9 Å². The van der Waals surface area contributed by atoms with E-state index in [1.807, 2.05) is 60.7 Å². The molecule has 2 aromatic rings. The molecule has 6 nitrogen and oxygen atoms in total. The summed E-state index contributed by atoms with van der Waals surface area (Å²) < 4.78 is 5.35. The first-order valence-corrected chi connectivity index (χ1v) is 8.77. The van der Waals surface area contributed by atoms with Gasteiger partial charge in [0.05, 0.1) is 19.9 Å². The third-order valence-corrected chi connectivity index (χ3v) is 4.96. The first kappa shape index (κ1) is 16.8. The van der Waals surface area contributed by atoms with E-state index in [4.69, 9.17) is 4.74 Å². The highest BCUT2D eigenvalue weighted by molar-refractivity contribution is 6.09. The number of carbonyl (C=O) groups excluding carboxylic acids is 2. The summed E-state index contributed by atoms with van der Waals surface area (Å²) in [6.45, 7) is 2.93. The first-order valence-electron chi connectivity index (χ1n) is 8.77. The molecule has 0 aromatic heterocycles. The number of hydrogen-bond donors (Lipinski definition) is 1. The zero-order valence-corrected chi connectivity index (χ0v) is 14.4. The molecule has 2 saturated heterocycles. The van der Waals surface area contributed by atoms with Gasteiger partial charge in [-0.05, 0) is 11.1 Å². The van der Waals surface area contributed by atoms with E-state index in [0.29, 0.717) is 26.3 Å². The Balaban J connectivity index is 1.73. The van der Waals surface area contributed by atoms with Gasteiger partial charge in [0.15, 0.2) is 5.54 Å². The van der Waals surface area contributed by atoms with Crippen LogP contribution in [-0.4, -0.2) is 54.7 Å². The van der Waals surface area contributed by atoms with Gasteiger partial charge in [-0.3, -0.25) is 9.69 Å². The van der Waals surface area contributed by atoms with Gasteiger partial charge < -0.3 is 10.1 Å². The Morgan fingerprint density at radius 1 is 0.885 bits per heavy atom. The normalized spacial score (nSPS) is 20.2. The minimum Gasteiger partial charge on any atom is -0.379 e. The molecule has 0 spiro atoms. The summed E-state index contributed by atoms with van der Waals surface area (Å²) in [5.74, 6) is -0.244. The molecule has 1 N–H and O–H groups in total. The zero-order chi connectivity index (χ0) is 18.0. The molecule has 2 aliphatic rings. The number of benzene rings is 2. The van der Waals surface area contributed by atoms with Crippen LogP contribution >= 0.6 is 0 Å². The van der Waals surface area contributed by atoms with Crippen LogP contribution in [0.4, 0.5) is 4.79 Å². The van der Waals surface area contributed by atoms with Crippen molar-refractivity contribution < 1.29 is 14.3 Å². The maximum absolute atomic E-state index is 13.5. The molecule has 0 aliphatic carbocycles. The van der Waals surface area contributed by atoms with Crippen molar-refractivity contribution in [1.29, 1.82) is 0 Å². The van der Waals surface area contributed by atoms with E-state index >= 15 is 0 Å². The van der Waals surface area contributed by atoms with Crippen LogP contribution in [0.15, 0.2) is 60.7 Å². The predicted molar refractivity (Wildman–Crippen MR) is 96.3 cm³/mol. The van der Waals surface area contributed by atoms with Gasteiger partial charge in [0, 0.05) is 13.1 Å². The summed E-state index contributed by atoms with van der Waals surface area (Å²) in [6.07, 6.45) is 0. The highest BCUT2D eigenvalue weighted by atomic mass is 16.5. The molecule has 0 saturated carbocycles. The molecule has 0 radical (unpaired) electrons. The molecular weight excluding hydrogens is 330 g/mol. The Bertz CT molecular complexity index is 749. The molecule has 26 heavy (non-hydrogen) atoms. The second-order valence-corrected chi connectivity index (χ2v) is 6.52. The molecule has 3 amide bonds. The predicted octanol–water partition coefficient (Wildman–Crippen LogP) is 1.77. The Hall–Kier alpha value is -2.70. The van der Waals surface area contributed by atoms with Crippen molar-refractivity contribution in [2.45, 2.75) is 5.54 Å². The molecular formula is C20H21N3O3. The smallest absolute Gasteiger partial charge is 0.326 e. The highest BCUT2D eigenvalue weighted by Gasteiger charge is 2.53. The van der Waals surface area contributed by atoms with Crippen LogP contribution in [0.5, 0.6) is 0 Å². The van der Waals surface area contributed by atoms with Gasteiger partial charge in [-0.15, -0.1) is 0 Å². The lowest BCUT2D eigenvalue weighted by atomic mass is 9.83. The van der Waals surface area contributed by atoms with E-state index in [2.05, 4.69) is 10.2 Å². The maximum Gasteiger partial charge on any atom is 0.326 e. The number of carbonyl (C=O) groups is 2. The van der Waals surface area contributed by atoms with Crippen LogP contribution in [-0.2, 0) is 15.1 Å². The number of urea groups is 1. The van der Waals surface area contributed by atoms with Crippen LogP contribution in [0.3, 0.4) is 0 Å². The summed E-state index contributed by atoms with van der Waals surface area (Å²) >= 11 is 0. The Morgan fingerprint density at radius 3 is 1.96 bits per heavy atom. The quantitative estimate of drug-likeness (QED) is 0.853.